The van der Waals surface area contributed by atoms with Crippen molar-refractivity contribution >= 4 is 0 Å². The van der Waals surface area contributed by atoms with E-state index in [1.807, 2.05) is 0 Å². The number of aliphatic hydroxyl groups is 5. The molecule has 2 aliphatic heterocycles. The van der Waals surface area contributed by atoms with E-state index in [2.05, 4.69) is 5.32 Å². The summed E-state index contributed by atoms with van der Waals surface area (Å²) in [6, 6.07) is -2.97. The summed E-state index contributed by atoms with van der Waals surface area (Å²) in [4.78, 5) is 1.58. The minimum atomic E-state index is -1.35. The number of nitrogens with zero attached hydrogens (tertiary/aromatic N) is 1. The summed E-state index contributed by atoms with van der Waals surface area (Å²) in [6.07, 6.45) is -11.5. The zero-order valence-electron chi connectivity index (χ0n) is 23.7. The van der Waals surface area contributed by atoms with Gasteiger partial charge in [-0.3, -0.25) is 4.90 Å². The summed E-state index contributed by atoms with van der Waals surface area (Å²) >= 11 is 0. The van der Waals surface area contributed by atoms with E-state index in [0.29, 0.717) is 13.1 Å². The van der Waals surface area contributed by atoms with Gasteiger partial charge >= 0.3 is 0 Å². The van der Waals surface area contributed by atoms with Crippen molar-refractivity contribution in [2.75, 3.05) is 39.8 Å². The first-order valence-corrected chi connectivity index (χ1v) is 14.2. The summed E-state index contributed by atoms with van der Waals surface area (Å²) < 4.78 is 30.1. The molecule has 1 saturated carbocycles. The van der Waals surface area contributed by atoms with E-state index < -0.39 is 92.0 Å². The van der Waals surface area contributed by atoms with Crippen LogP contribution < -0.4 is 34.0 Å². The predicted octanol–water partition coefficient (Wildman–Crippen LogP) is -6.45. The quantitative estimate of drug-likeness (QED) is 0.0829. The van der Waals surface area contributed by atoms with Crippen LogP contribution in [0, 0.1) is 0 Å². The number of ether oxygens (including phenoxy) is 5. The van der Waals surface area contributed by atoms with Crippen molar-refractivity contribution in [1.82, 2.24) is 10.2 Å². The molecular weight excluding hydrogens is 546 g/mol. The smallest absolute Gasteiger partial charge is 0.200 e. The third-order valence-corrected chi connectivity index (χ3v) is 7.88. The lowest BCUT2D eigenvalue weighted by atomic mass is 9.84. The molecule has 0 radical (unpaired) electrons. The second-order valence-corrected chi connectivity index (χ2v) is 11.0. The molecule has 41 heavy (non-hydrogen) atoms. The topological polar surface area (TPSA) is 293 Å². The number of likely N-dealkylation sites (N-methyl/N-ethyl adjacent to an activating group) is 1. The molecule has 0 aromatic carbocycles. The van der Waals surface area contributed by atoms with Crippen LogP contribution in [0.25, 0.3) is 0 Å². The second kappa shape index (κ2) is 15.9. The zero-order chi connectivity index (χ0) is 30.4. The number of hydrogen-bond donors (Lipinski definition) is 11. The Bertz CT molecular complexity index is 772. The Kier molecular flexibility index (Phi) is 13.5. The first kappa shape index (κ1) is 34.8. The highest BCUT2D eigenvalue weighted by atomic mass is 16.8. The van der Waals surface area contributed by atoms with Crippen molar-refractivity contribution in [2.45, 2.75) is 112 Å². The number of rotatable bonds is 14. The van der Waals surface area contributed by atoms with Crippen molar-refractivity contribution in [1.29, 1.82) is 0 Å². The summed E-state index contributed by atoms with van der Waals surface area (Å²) in [7, 11) is 1.59. The molecule has 0 amide bonds. The Hall–Kier alpha value is -0.680. The molecule has 0 bridgehead atoms. The third kappa shape index (κ3) is 8.28. The average molecular weight is 598 g/mol. The molecule has 17 nitrogen and oxygen atoms in total. The van der Waals surface area contributed by atoms with Crippen LogP contribution in [-0.2, 0) is 23.7 Å². The van der Waals surface area contributed by atoms with Gasteiger partial charge in [-0.2, -0.15) is 0 Å². The minimum Gasteiger partial charge on any atom is -0.394 e. The number of hydrogen-bond acceptors (Lipinski definition) is 17. The van der Waals surface area contributed by atoms with Crippen LogP contribution in [0.5, 0.6) is 0 Å². The number of nitrogens with two attached hydrogens (primary N) is 5. The second-order valence-electron chi connectivity index (χ2n) is 11.0. The van der Waals surface area contributed by atoms with Crippen molar-refractivity contribution in [3.8, 4) is 0 Å². The SMILES string of the molecule is CNC1C(O[C@H](OC(C)CO)C(O)N(CCN)CCN)O[C@H]2CC(N)[C@@H](O[C@@H]3C(N)C[C@@H](N)C(O)C3O)OC2C1O. The monoisotopic (exact) mass is 597 g/mol. The third-order valence-electron chi connectivity index (χ3n) is 7.88. The lowest BCUT2D eigenvalue weighted by Crippen LogP contribution is -2.69. The van der Waals surface area contributed by atoms with E-state index >= 15 is 0 Å². The molecule has 0 spiro atoms. The van der Waals surface area contributed by atoms with Gasteiger partial charge in [0, 0.05) is 38.3 Å². The number of aliphatic hydroxyl groups excluding tert-OH is 5. The summed E-state index contributed by atoms with van der Waals surface area (Å²) in [5.74, 6) is 0. The van der Waals surface area contributed by atoms with Gasteiger partial charge in [0.25, 0.3) is 0 Å². The van der Waals surface area contributed by atoms with Gasteiger partial charge in [-0.1, -0.05) is 0 Å². The van der Waals surface area contributed by atoms with Crippen LogP contribution in [0.2, 0.25) is 0 Å². The molecule has 16 N–H and O–H groups in total. The van der Waals surface area contributed by atoms with Gasteiger partial charge in [0.2, 0.25) is 6.29 Å². The largest absolute Gasteiger partial charge is 0.394 e. The van der Waals surface area contributed by atoms with Crippen LogP contribution in [0.15, 0.2) is 0 Å². The lowest BCUT2D eigenvalue weighted by Gasteiger charge is -2.51. The molecule has 1 aliphatic carbocycles. The Morgan fingerprint density at radius 1 is 0.927 bits per heavy atom. The van der Waals surface area contributed by atoms with E-state index in [0.717, 1.165) is 0 Å². The van der Waals surface area contributed by atoms with Crippen LogP contribution in [0.3, 0.4) is 0 Å². The van der Waals surface area contributed by atoms with E-state index in [9.17, 15) is 25.5 Å². The van der Waals surface area contributed by atoms with E-state index in [1.165, 1.54) is 0 Å². The molecule has 3 aliphatic rings. The van der Waals surface area contributed by atoms with Crippen molar-refractivity contribution in [3.63, 3.8) is 0 Å². The zero-order valence-corrected chi connectivity index (χ0v) is 23.7. The van der Waals surface area contributed by atoms with Gasteiger partial charge in [0.15, 0.2) is 18.8 Å². The average Bonchev–Trinajstić information content (AvgIpc) is 2.93. The Morgan fingerprint density at radius 2 is 1.59 bits per heavy atom. The standard InChI is InChI=1S/C24H51N7O10/c1-10(9-32)37-24(21(36)31(5-3-25)6-4-26)41-23-15(30-2)17(34)20-14(38-23)8-13(29)22(40-20)39-19-12(28)7-11(27)16(33)18(19)35/h10-24,30,32-36H,3-9,25-29H2,1-2H3/t10?,11-,12?,13?,14+,15?,16?,17?,18?,19-,20?,21?,22+,23?,24+/m1/s1. The maximum Gasteiger partial charge on any atom is 0.200 e. The highest BCUT2D eigenvalue weighted by molar-refractivity contribution is 5.01. The lowest BCUT2D eigenvalue weighted by molar-refractivity contribution is -0.367. The van der Waals surface area contributed by atoms with Crippen molar-refractivity contribution in [2.24, 2.45) is 28.7 Å². The highest BCUT2D eigenvalue weighted by Gasteiger charge is 2.53. The molecule has 10 unspecified atom stereocenters. The van der Waals surface area contributed by atoms with Gasteiger partial charge in [-0.05, 0) is 26.8 Å². The summed E-state index contributed by atoms with van der Waals surface area (Å²) in [5.41, 5.74) is 29.7. The highest BCUT2D eigenvalue weighted by Crippen LogP contribution is 2.35. The molecule has 0 aromatic rings. The Balaban J connectivity index is 1.74. The van der Waals surface area contributed by atoms with E-state index in [4.69, 9.17) is 52.4 Å². The molecule has 2 saturated heterocycles. The van der Waals surface area contributed by atoms with Crippen molar-refractivity contribution < 1.29 is 49.2 Å². The molecule has 3 fully saturated rings. The van der Waals surface area contributed by atoms with E-state index in [-0.39, 0.29) is 32.5 Å². The molecule has 2 heterocycles. The van der Waals surface area contributed by atoms with Gasteiger partial charge in [0.1, 0.15) is 24.4 Å². The van der Waals surface area contributed by atoms with Crippen LogP contribution in [0.4, 0.5) is 0 Å². The van der Waals surface area contributed by atoms with Gasteiger partial charge < -0.3 is 83.2 Å². The summed E-state index contributed by atoms with van der Waals surface area (Å²) in [5, 5.41) is 55.7. The van der Waals surface area contributed by atoms with Crippen molar-refractivity contribution in [3.05, 3.63) is 0 Å². The molecule has 3 rings (SSSR count). The van der Waals surface area contributed by atoms with Crippen LogP contribution in [0.1, 0.15) is 19.8 Å². The molecular formula is C24H51N7O10. The predicted molar refractivity (Wildman–Crippen MR) is 144 cm³/mol. The van der Waals surface area contributed by atoms with E-state index in [1.54, 1.807) is 18.9 Å². The molecule has 242 valence electrons. The van der Waals surface area contributed by atoms with Gasteiger partial charge in [-0.25, -0.2) is 0 Å². The normalized spacial score (nSPS) is 42.1. The number of fused-ring (bicyclic) bond motifs is 1. The number of nitrogens with one attached hydrogen (secondary N) is 1. The Morgan fingerprint density at radius 3 is 2.17 bits per heavy atom. The molecule has 17 heteroatoms. The maximum absolute atomic E-state index is 11.3. The fraction of sp³-hybridized carbons (Fsp3) is 1.00. The summed E-state index contributed by atoms with van der Waals surface area (Å²) in [6.45, 7) is 2.37. The van der Waals surface area contributed by atoms with Gasteiger partial charge in [0.05, 0.1) is 37.0 Å². The molecule has 15 atom stereocenters. The fourth-order valence-electron chi connectivity index (χ4n) is 5.55. The fourth-order valence-corrected chi connectivity index (χ4v) is 5.55. The van der Waals surface area contributed by atoms with Crippen LogP contribution in [-0.4, -0.2) is 162 Å². The Labute approximate surface area is 240 Å². The molecule has 0 aromatic heterocycles. The van der Waals surface area contributed by atoms with Crippen LogP contribution >= 0.6 is 0 Å². The first-order chi connectivity index (χ1) is 19.5. The van der Waals surface area contributed by atoms with Gasteiger partial charge in [-0.15, -0.1) is 0 Å². The first-order valence-electron chi connectivity index (χ1n) is 14.2. The maximum atomic E-state index is 11.3. The minimum absolute atomic E-state index is 0.177.